The Bertz CT molecular complexity index is 723. The van der Waals surface area contributed by atoms with Crippen LogP contribution in [0.4, 0.5) is 0 Å². The molecule has 0 atom stereocenters. The number of ether oxygens (including phenoxy) is 1. The van der Waals surface area contributed by atoms with Gasteiger partial charge in [0.1, 0.15) is 0 Å². The lowest BCUT2D eigenvalue weighted by Crippen LogP contribution is -2.46. The predicted octanol–water partition coefficient (Wildman–Crippen LogP) is 2.97. The molecule has 1 aliphatic heterocycles. The topological polar surface area (TPSA) is 75.8 Å². The number of hydrogen-bond donors (Lipinski definition) is 1. The molecule has 0 spiro atoms. The molecule has 0 aliphatic carbocycles. The van der Waals surface area contributed by atoms with Crippen molar-refractivity contribution in [3.63, 3.8) is 0 Å². The van der Waals surface area contributed by atoms with Crippen molar-refractivity contribution >= 4 is 17.6 Å². The van der Waals surface area contributed by atoms with E-state index in [0.29, 0.717) is 29.4 Å². The molecule has 0 amide bonds. The van der Waals surface area contributed by atoms with Crippen molar-refractivity contribution < 1.29 is 9.26 Å². The summed E-state index contributed by atoms with van der Waals surface area (Å²) >= 11 is 5.91. The molecular formula is C18H24ClN5O2. The van der Waals surface area contributed by atoms with E-state index in [4.69, 9.17) is 20.9 Å². The van der Waals surface area contributed by atoms with Gasteiger partial charge in [-0.25, -0.2) is 0 Å². The highest BCUT2D eigenvalue weighted by molar-refractivity contribution is 6.30. The van der Waals surface area contributed by atoms with Crippen molar-refractivity contribution in [2.24, 2.45) is 4.99 Å². The molecule has 1 saturated heterocycles. The lowest BCUT2D eigenvalue weighted by Gasteiger charge is -2.33. The van der Waals surface area contributed by atoms with Crippen molar-refractivity contribution in [3.8, 4) is 11.4 Å². The fraction of sp³-hybridized carbons (Fsp3) is 0.500. The maximum atomic E-state index is 5.91. The van der Waals surface area contributed by atoms with Crippen LogP contribution < -0.4 is 5.32 Å². The zero-order valence-corrected chi connectivity index (χ0v) is 15.9. The van der Waals surface area contributed by atoms with Crippen LogP contribution in [0.15, 0.2) is 33.8 Å². The number of nitrogens with one attached hydrogen (secondary N) is 1. The third-order valence-electron chi connectivity index (χ3n) is 4.32. The van der Waals surface area contributed by atoms with Gasteiger partial charge in [0.25, 0.3) is 0 Å². The molecule has 26 heavy (non-hydrogen) atoms. The third-order valence-corrected chi connectivity index (χ3v) is 4.58. The fourth-order valence-corrected chi connectivity index (χ4v) is 3.13. The van der Waals surface area contributed by atoms with E-state index in [0.717, 1.165) is 44.1 Å². The van der Waals surface area contributed by atoms with E-state index in [2.05, 4.69) is 25.3 Å². The molecular weight excluding hydrogens is 354 g/mol. The van der Waals surface area contributed by atoms with Gasteiger partial charge in [-0.15, -0.1) is 0 Å². The molecule has 3 rings (SSSR count). The summed E-state index contributed by atoms with van der Waals surface area (Å²) in [5.74, 6) is 1.90. The summed E-state index contributed by atoms with van der Waals surface area (Å²) in [6.07, 6.45) is 2.37. The van der Waals surface area contributed by atoms with Gasteiger partial charge in [0, 0.05) is 37.3 Å². The number of aliphatic imine (C=N–C) groups is 1. The average Bonchev–Trinajstić information content (AvgIpc) is 3.13. The second-order valence-corrected chi connectivity index (χ2v) is 6.50. The second kappa shape index (κ2) is 9.00. The summed E-state index contributed by atoms with van der Waals surface area (Å²) in [6, 6.07) is 7.34. The molecule has 0 saturated carbocycles. The van der Waals surface area contributed by atoms with Crippen molar-refractivity contribution in [3.05, 3.63) is 35.2 Å². The van der Waals surface area contributed by atoms with Crippen molar-refractivity contribution in [2.45, 2.75) is 32.4 Å². The van der Waals surface area contributed by atoms with Crippen LogP contribution in [0.3, 0.4) is 0 Å². The first-order chi connectivity index (χ1) is 12.7. The van der Waals surface area contributed by atoms with Gasteiger partial charge >= 0.3 is 0 Å². The first kappa shape index (κ1) is 18.7. The lowest BCUT2D eigenvalue weighted by molar-refractivity contribution is 0.0263. The van der Waals surface area contributed by atoms with E-state index in [9.17, 15) is 0 Å². The first-order valence-electron chi connectivity index (χ1n) is 8.85. The molecule has 0 unspecified atom stereocenters. The third kappa shape index (κ3) is 4.74. The maximum absolute atomic E-state index is 5.91. The van der Waals surface area contributed by atoms with Gasteiger partial charge in [-0.2, -0.15) is 4.98 Å². The molecule has 2 aromatic rings. The Balaban J connectivity index is 1.54. The van der Waals surface area contributed by atoms with Crippen LogP contribution in [0.2, 0.25) is 5.02 Å². The smallest absolute Gasteiger partial charge is 0.246 e. The number of piperidine rings is 1. The van der Waals surface area contributed by atoms with Gasteiger partial charge in [-0.3, -0.25) is 4.99 Å². The first-order valence-corrected chi connectivity index (χ1v) is 9.23. The average molecular weight is 378 g/mol. The normalized spacial score (nSPS) is 16.1. The summed E-state index contributed by atoms with van der Waals surface area (Å²) in [6.45, 7) is 5.08. The van der Waals surface area contributed by atoms with Crippen LogP contribution in [0.1, 0.15) is 25.7 Å². The fourth-order valence-electron chi connectivity index (χ4n) is 3.00. The molecule has 140 valence electrons. The Labute approximate surface area is 158 Å². The van der Waals surface area contributed by atoms with Gasteiger partial charge in [0.05, 0.1) is 12.6 Å². The highest BCUT2D eigenvalue weighted by atomic mass is 35.5. The van der Waals surface area contributed by atoms with E-state index in [1.54, 1.807) is 19.2 Å². The van der Waals surface area contributed by atoms with E-state index in [-0.39, 0.29) is 0 Å². The van der Waals surface area contributed by atoms with E-state index in [1.165, 1.54) is 0 Å². The Kier molecular flexibility index (Phi) is 6.46. The summed E-state index contributed by atoms with van der Waals surface area (Å²) < 4.78 is 11.0. The monoisotopic (exact) mass is 377 g/mol. The number of halogens is 1. The van der Waals surface area contributed by atoms with E-state index >= 15 is 0 Å². The molecule has 8 heteroatoms. The minimum absolute atomic E-state index is 0.354. The minimum Gasteiger partial charge on any atom is -0.378 e. The van der Waals surface area contributed by atoms with Gasteiger partial charge < -0.3 is 19.5 Å². The minimum atomic E-state index is 0.354. The Morgan fingerprint density at radius 1 is 1.35 bits per heavy atom. The van der Waals surface area contributed by atoms with Crippen LogP contribution in [0.25, 0.3) is 11.4 Å². The van der Waals surface area contributed by atoms with Crippen LogP contribution in [-0.2, 0) is 11.3 Å². The van der Waals surface area contributed by atoms with Gasteiger partial charge in [0.15, 0.2) is 5.96 Å². The zero-order chi connectivity index (χ0) is 18.4. The lowest BCUT2D eigenvalue weighted by atomic mass is 10.1. The summed E-state index contributed by atoms with van der Waals surface area (Å²) in [7, 11) is 1.78. The molecule has 0 bridgehead atoms. The molecule has 0 radical (unpaired) electrons. The number of rotatable bonds is 5. The largest absolute Gasteiger partial charge is 0.378 e. The van der Waals surface area contributed by atoms with E-state index < -0.39 is 0 Å². The summed E-state index contributed by atoms with van der Waals surface area (Å²) in [5, 5.41) is 7.99. The molecule has 1 aliphatic rings. The van der Waals surface area contributed by atoms with Crippen LogP contribution in [0.5, 0.6) is 0 Å². The summed E-state index contributed by atoms with van der Waals surface area (Å²) in [5.41, 5.74) is 0.867. The SMILES string of the molecule is CCOC1CCN(C(=NC)NCc2nc(-c3ccc(Cl)cc3)no2)CC1. The summed E-state index contributed by atoms with van der Waals surface area (Å²) in [4.78, 5) is 11.0. The predicted molar refractivity (Wildman–Crippen MR) is 101 cm³/mol. The molecule has 1 aromatic heterocycles. The number of likely N-dealkylation sites (tertiary alicyclic amines) is 1. The molecule has 7 nitrogen and oxygen atoms in total. The number of aromatic nitrogens is 2. The Morgan fingerprint density at radius 3 is 2.73 bits per heavy atom. The van der Waals surface area contributed by atoms with Crippen molar-refractivity contribution in [1.29, 1.82) is 0 Å². The standard InChI is InChI=1S/C18H24ClN5O2/c1-3-25-15-8-10-24(11-9-15)18(20-2)21-12-16-22-17(23-26-16)13-4-6-14(19)7-5-13/h4-7,15H,3,8-12H2,1-2H3,(H,20,21). The highest BCUT2D eigenvalue weighted by Gasteiger charge is 2.21. The molecule has 1 N–H and O–H groups in total. The van der Waals surface area contributed by atoms with Gasteiger partial charge in [0.2, 0.25) is 11.7 Å². The van der Waals surface area contributed by atoms with Gasteiger partial charge in [-0.1, -0.05) is 16.8 Å². The Morgan fingerprint density at radius 2 is 2.08 bits per heavy atom. The van der Waals surface area contributed by atoms with Crippen molar-refractivity contribution in [1.82, 2.24) is 20.4 Å². The second-order valence-electron chi connectivity index (χ2n) is 6.06. The van der Waals surface area contributed by atoms with Crippen molar-refractivity contribution in [2.75, 3.05) is 26.7 Å². The molecule has 1 aromatic carbocycles. The highest BCUT2D eigenvalue weighted by Crippen LogP contribution is 2.19. The van der Waals surface area contributed by atoms with Crippen LogP contribution in [0, 0.1) is 0 Å². The van der Waals surface area contributed by atoms with Crippen LogP contribution >= 0.6 is 11.6 Å². The zero-order valence-electron chi connectivity index (χ0n) is 15.1. The number of guanidine groups is 1. The number of nitrogens with zero attached hydrogens (tertiary/aromatic N) is 4. The maximum Gasteiger partial charge on any atom is 0.246 e. The number of hydrogen-bond acceptors (Lipinski definition) is 5. The van der Waals surface area contributed by atoms with Crippen LogP contribution in [-0.4, -0.2) is 53.8 Å². The van der Waals surface area contributed by atoms with Gasteiger partial charge in [-0.05, 0) is 44.0 Å². The molecule has 2 heterocycles. The quantitative estimate of drug-likeness (QED) is 0.637. The van der Waals surface area contributed by atoms with E-state index in [1.807, 2.05) is 19.1 Å². The Hall–Kier alpha value is -2.12. The number of benzene rings is 1. The molecule has 1 fully saturated rings.